The zero-order valence-electron chi connectivity index (χ0n) is 17.7. The molecule has 1 N–H and O–H groups in total. The molecule has 3 aromatic heterocycles. The van der Waals surface area contributed by atoms with E-state index in [0.717, 1.165) is 11.0 Å². The number of aromatic nitrogens is 6. The zero-order chi connectivity index (χ0) is 24.5. The molecule has 1 aliphatic carbocycles. The lowest BCUT2D eigenvalue weighted by Gasteiger charge is -2.33. The molecule has 0 aromatic carbocycles. The van der Waals surface area contributed by atoms with Crippen molar-refractivity contribution >= 4 is 17.8 Å². The van der Waals surface area contributed by atoms with Crippen LogP contribution in [-0.2, 0) is 6.54 Å². The summed E-state index contributed by atoms with van der Waals surface area (Å²) in [4.78, 5) is 29.0. The summed E-state index contributed by atoms with van der Waals surface area (Å²) >= 11 is 0. The quantitative estimate of drug-likeness (QED) is 0.406. The highest BCUT2D eigenvalue weighted by molar-refractivity contribution is 5.92. The predicted octanol–water partition coefficient (Wildman–Crippen LogP) is 3.38. The third-order valence-electron chi connectivity index (χ3n) is 5.70. The standard InChI is InChI=1S/C20H20F5N7O2/c21-19(22)3-1-13(2-4-19)17(15-10-31-16(28-15)7-12(11-33)8-26-31)29-18(34)14-9-27-32(30-14)6-5-20(23,24)25/h7-11,13,17H,1-6H2,(H,29,34)/t17-/m0/s1. The number of carbonyl (C=O) groups is 2. The number of carbonyl (C=O) groups excluding carboxylic acids is 2. The van der Waals surface area contributed by atoms with E-state index in [0.29, 0.717) is 17.6 Å². The van der Waals surface area contributed by atoms with Gasteiger partial charge in [0.05, 0.1) is 43.3 Å². The fourth-order valence-corrected chi connectivity index (χ4v) is 3.90. The number of amides is 1. The Labute approximate surface area is 189 Å². The maximum absolute atomic E-state index is 13.7. The molecule has 0 unspecified atom stereocenters. The van der Waals surface area contributed by atoms with Gasteiger partial charge in [-0.2, -0.15) is 28.2 Å². The van der Waals surface area contributed by atoms with Crippen LogP contribution in [0, 0.1) is 5.92 Å². The summed E-state index contributed by atoms with van der Waals surface area (Å²) in [5.41, 5.74) is 0.762. The molecule has 34 heavy (non-hydrogen) atoms. The number of rotatable bonds is 7. The lowest BCUT2D eigenvalue weighted by Crippen LogP contribution is -2.37. The highest BCUT2D eigenvalue weighted by Crippen LogP contribution is 2.41. The Kier molecular flexibility index (Phi) is 6.32. The third kappa shape index (κ3) is 5.54. The Morgan fingerprint density at radius 3 is 2.65 bits per heavy atom. The molecule has 0 aliphatic heterocycles. The Balaban J connectivity index is 1.57. The Morgan fingerprint density at radius 1 is 1.24 bits per heavy atom. The maximum atomic E-state index is 13.7. The van der Waals surface area contributed by atoms with Gasteiger partial charge in [0.15, 0.2) is 17.6 Å². The van der Waals surface area contributed by atoms with Gasteiger partial charge in [0.2, 0.25) is 5.92 Å². The van der Waals surface area contributed by atoms with Gasteiger partial charge in [-0.25, -0.2) is 18.3 Å². The highest BCUT2D eigenvalue weighted by atomic mass is 19.4. The van der Waals surface area contributed by atoms with Crippen molar-refractivity contribution in [1.82, 2.24) is 34.9 Å². The first-order valence-corrected chi connectivity index (χ1v) is 10.5. The summed E-state index contributed by atoms with van der Waals surface area (Å²) in [6, 6.07) is 0.703. The summed E-state index contributed by atoms with van der Waals surface area (Å²) in [5, 5.41) is 14.3. The first-order chi connectivity index (χ1) is 16.0. The van der Waals surface area contributed by atoms with Crippen LogP contribution in [0.1, 0.15) is 64.7 Å². The smallest absolute Gasteiger partial charge is 0.342 e. The largest absolute Gasteiger partial charge is 0.390 e. The van der Waals surface area contributed by atoms with Gasteiger partial charge < -0.3 is 5.32 Å². The molecule has 4 rings (SSSR count). The van der Waals surface area contributed by atoms with Crippen LogP contribution in [0.25, 0.3) is 5.65 Å². The van der Waals surface area contributed by atoms with Crippen LogP contribution in [0.2, 0.25) is 0 Å². The first kappa shape index (κ1) is 23.7. The molecule has 1 atom stereocenters. The van der Waals surface area contributed by atoms with Crippen molar-refractivity contribution in [1.29, 1.82) is 0 Å². The second-order valence-corrected chi connectivity index (χ2v) is 8.21. The van der Waals surface area contributed by atoms with E-state index < -0.39 is 37.0 Å². The van der Waals surface area contributed by atoms with Crippen LogP contribution in [0.4, 0.5) is 22.0 Å². The molecule has 3 heterocycles. The number of aldehydes is 1. The van der Waals surface area contributed by atoms with Gasteiger partial charge in [-0.1, -0.05) is 0 Å². The van der Waals surface area contributed by atoms with Crippen LogP contribution in [0.5, 0.6) is 0 Å². The second-order valence-electron chi connectivity index (χ2n) is 8.21. The molecule has 9 nitrogen and oxygen atoms in total. The van der Waals surface area contributed by atoms with Crippen molar-refractivity contribution in [3.63, 3.8) is 0 Å². The number of hydrogen-bond acceptors (Lipinski definition) is 6. The van der Waals surface area contributed by atoms with E-state index in [1.807, 2.05) is 0 Å². The predicted molar refractivity (Wildman–Crippen MR) is 106 cm³/mol. The molecule has 14 heteroatoms. The van der Waals surface area contributed by atoms with Gasteiger partial charge in [-0.15, -0.1) is 5.10 Å². The minimum Gasteiger partial charge on any atom is -0.342 e. The first-order valence-electron chi connectivity index (χ1n) is 10.5. The van der Waals surface area contributed by atoms with Crippen LogP contribution in [0.3, 0.4) is 0 Å². The van der Waals surface area contributed by atoms with Crippen LogP contribution >= 0.6 is 0 Å². The highest BCUT2D eigenvalue weighted by Gasteiger charge is 2.39. The zero-order valence-corrected chi connectivity index (χ0v) is 17.7. The van der Waals surface area contributed by atoms with E-state index in [4.69, 9.17) is 0 Å². The molecule has 0 bridgehead atoms. The lowest BCUT2D eigenvalue weighted by atomic mass is 9.81. The van der Waals surface area contributed by atoms with Crippen molar-refractivity contribution in [2.24, 2.45) is 5.92 Å². The summed E-state index contributed by atoms with van der Waals surface area (Å²) < 4.78 is 66.1. The molecule has 3 aromatic rings. The monoisotopic (exact) mass is 485 g/mol. The average Bonchev–Trinajstić information content (AvgIpc) is 3.42. The fourth-order valence-electron chi connectivity index (χ4n) is 3.90. The average molecular weight is 485 g/mol. The summed E-state index contributed by atoms with van der Waals surface area (Å²) in [6.45, 7) is -0.547. The van der Waals surface area contributed by atoms with Crippen molar-refractivity contribution in [2.75, 3.05) is 0 Å². The topological polar surface area (TPSA) is 107 Å². The number of fused-ring (bicyclic) bond motifs is 1. The normalized spacial score (nSPS) is 17.6. The van der Waals surface area contributed by atoms with E-state index in [1.165, 1.54) is 23.0 Å². The molecular formula is C20H20F5N7O2. The van der Waals surface area contributed by atoms with Crippen LogP contribution in [-0.4, -0.2) is 53.9 Å². The molecule has 0 radical (unpaired) electrons. The van der Waals surface area contributed by atoms with Gasteiger partial charge in [0.25, 0.3) is 5.91 Å². The minimum atomic E-state index is -4.40. The molecule has 0 saturated heterocycles. The maximum Gasteiger partial charge on any atom is 0.390 e. The SMILES string of the molecule is O=Cc1cnn2cc([C@@H](NC(=O)c3cnn(CCC(F)(F)F)n3)C3CCC(F)(F)CC3)nc2c1. The van der Waals surface area contributed by atoms with Crippen molar-refractivity contribution in [2.45, 2.75) is 56.8 Å². The number of nitrogens with zero attached hydrogens (tertiary/aromatic N) is 6. The summed E-state index contributed by atoms with van der Waals surface area (Å²) in [6.07, 6.45) is -1.50. The number of aryl methyl sites for hydroxylation is 1. The van der Waals surface area contributed by atoms with Gasteiger partial charge >= 0.3 is 6.18 Å². The van der Waals surface area contributed by atoms with E-state index in [9.17, 15) is 31.5 Å². The lowest BCUT2D eigenvalue weighted by molar-refractivity contribution is -0.137. The second kappa shape index (κ2) is 9.06. The van der Waals surface area contributed by atoms with Gasteiger partial charge in [-0.3, -0.25) is 9.59 Å². The third-order valence-corrected chi connectivity index (χ3v) is 5.70. The molecule has 1 aliphatic rings. The number of nitrogens with one attached hydrogen (secondary N) is 1. The van der Waals surface area contributed by atoms with E-state index in [2.05, 4.69) is 25.6 Å². The van der Waals surface area contributed by atoms with Gasteiger partial charge in [0.1, 0.15) is 0 Å². The molecular weight excluding hydrogens is 465 g/mol. The minimum absolute atomic E-state index is 0.122. The number of imidazole rings is 1. The number of halogens is 5. The van der Waals surface area contributed by atoms with E-state index >= 15 is 0 Å². The van der Waals surface area contributed by atoms with Gasteiger partial charge in [0, 0.05) is 18.4 Å². The van der Waals surface area contributed by atoms with Crippen molar-refractivity contribution in [3.05, 3.63) is 41.6 Å². The Hall–Kier alpha value is -3.45. The van der Waals surface area contributed by atoms with Crippen LogP contribution in [0.15, 0.2) is 24.7 Å². The molecule has 0 spiro atoms. The molecule has 1 amide bonds. The van der Waals surface area contributed by atoms with Crippen LogP contribution < -0.4 is 5.32 Å². The number of alkyl halides is 5. The Morgan fingerprint density at radius 2 is 1.97 bits per heavy atom. The summed E-state index contributed by atoms with van der Waals surface area (Å²) in [5.74, 6) is -3.88. The van der Waals surface area contributed by atoms with Crippen molar-refractivity contribution < 1.29 is 31.5 Å². The van der Waals surface area contributed by atoms with Gasteiger partial charge in [-0.05, 0) is 24.8 Å². The van der Waals surface area contributed by atoms with Crippen molar-refractivity contribution in [3.8, 4) is 0 Å². The Bertz CT molecular complexity index is 1180. The molecule has 182 valence electrons. The van der Waals surface area contributed by atoms with E-state index in [-0.39, 0.29) is 42.9 Å². The number of hydrogen-bond donors (Lipinski definition) is 1. The molecule has 1 saturated carbocycles. The summed E-state index contributed by atoms with van der Waals surface area (Å²) in [7, 11) is 0. The van der Waals surface area contributed by atoms with E-state index in [1.54, 1.807) is 0 Å². The molecule has 1 fully saturated rings. The fraction of sp³-hybridized carbons (Fsp3) is 0.500.